The van der Waals surface area contributed by atoms with Crippen molar-refractivity contribution in [1.82, 2.24) is 4.90 Å². The lowest BCUT2D eigenvalue weighted by Gasteiger charge is -2.23. The van der Waals surface area contributed by atoms with Gasteiger partial charge in [-0.2, -0.15) is 13.2 Å². The molecule has 1 rings (SSSR count). The third-order valence-corrected chi connectivity index (χ3v) is 2.49. The van der Waals surface area contributed by atoms with Gasteiger partial charge in [0, 0.05) is 13.1 Å². The quantitative estimate of drug-likeness (QED) is 0.616. The molecule has 0 spiro atoms. The molecule has 3 nitrogen and oxygen atoms in total. The minimum absolute atomic E-state index is 0.123. The highest BCUT2D eigenvalue weighted by Gasteiger charge is 2.35. The minimum atomic E-state index is -4.35. The average Bonchev–Trinajstić information content (AvgIpc) is 2.34. The van der Waals surface area contributed by atoms with E-state index in [4.69, 9.17) is 0 Å². The van der Waals surface area contributed by atoms with Gasteiger partial charge in [-0.15, -0.1) is 0 Å². The second kappa shape index (κ2) is 5.86. The summed E-state index contributed by atoms with van der Waals surface area (Å²) < 4.78 is 42.1. The third-order valence-electron chi connectivity index (χ3n) is 2.49. The summed E-state index contributed by atoms with van der Waals surface area (Å²) in [6.45, 7) is 1.08. The first kappa shape index (κ1) is 14.5. The van der Waals surface area contributed by atoms with E-state index in [1.54, 1.807) is 0 Å². The van der Waals surface area contributed by atoms with Crippen molar-refractivity contribution in [2.75, 3.05) is 13.7 Å². The van der Waals surface area contributed by atoms with Crippen LogP contribution in [0.2, 0.25) is 0 Å². The van der Waals surface area contributed by atoms with E-state index in [-0.39, 0.29) is 13.1 Å². The molecule has 1 aromatic rings. The molecule has 0 N–H and O–H groups in total. The Hall–Kier alpha value is -1.56. The molecule has 0 amide bonds. The number of carbonyl (C=O) groups is 1. The number of rotatable bonds is 4. The summed E-state index contributed by atoms with van der Waals surface area (Å²) in [6.07, 6.45) is -4.35. The molecular weight excluding hydrogens is 247 g/mol. The first-order valence-corrected chi connectivity index (χ1v) is 5.37. The Kier molecular flexibility index (Phi) is 4.72. The Bertz CT molecular complexity index is 401. The second-order valence-electron chi connectivity index (χ2n) is 3.67. The van der Waals surface area contributed by atoms with Gasteiger partial charge in [-0.1, -0.05) is 19.1 Å². The summed E-state index contributed by atoms with van der Waals surface area (Å²) in [7, 11) is 1.25. The van der Waals surface area contributed by atoms with E-state index in [1.165, 1.54) is 38.3 Å². The maximum Gasteiger partial charge on any atom is 0.460 e. The summed E-state index contributed by atoms with van der Waals surface area (Å²) >= 11 is 0. The third kappa shape index (κ3) is 3.73. The molecule has 0 aromatic heterocycles. The average molecular weight is 261 g/mol. The number of methoxy groups -OCH3 is 1. The predicted molar refractivity (Wildman–Crippen MR) is 59.9 cm³/mol. The van der Waals surface area contributed by atoms with Gasteiger partial charge in [0.25, 0.3) is 0 Å². The molecule has 0 unspecified atom stereocenters. The lowest BCUT2D eigenvalue weighted by molar-refractivity contribution is -0.247. The molecule has 100 valence electrons. The number of nitrogens with zero attached hydrogens (tertiary/aromatic N) is 1. The topological polar surface area (TPSA) is 29.5 Å². The first-order chi connectivity index (χ1) is 8.38. The summed E-state index contributed by atoms with van der Waals surface area (Å²) in [6, 6.07) is 5.87. The summed E-state index contributed by atoms with van der Waals surface area (Å²) in [4.78, 5) is 11.5. The molecule has 6 heteroatoms. The zero-order chi connectivity index (χ0) is 13.8. The van der Waals surface area contributed by atoms with E-state index in [2.05, 4.69) is 4.74 Å². The number of esters is 1. The van der Waals surface area contributed by atoms with Crippen molar-refractivity contribution in [3.05, 3.63) is 35.4 Å². The van der Waals surface area contributed by atoms with E-state index in [9.17, 15) is 18.0 Å². The molecule has 0 saturated heterocycles. The van der Waals surface area contributed by atoms with Gasteiger partial charge < -0.3 is 4.74 Å². The maximum atomic E-state index is 12.5. The molecule has 0 atom stereocenters. The summed E-state index contributed by atoms with van der Waals surface area (Å²) in [5, 5.41) is 0. The van der Waals surface area contributed by atoms with Gasteiger partial charge in [-0.05, 0) is 17.7 Å². The molecule has 0 radical (unpaired) electrons. The van der Waals surface area contributed by atoms with Gasteiger partial charge >= 0.3 is 12.3 Å². The Balaban J connectivity index is 2.77. The van der Waals surface area contributed by atoms with E-state index < -0.39 is 12.3 Å². The maximum absolute atomic E-state index is 12.5. The van der Waals surface area contributed by atoms with Crippen LogP contribution in [0.3, 0.4) is 0 Å². The Morgan fingerprint density at radius 2 is 1.83 bits per heavy atom. The van der Waals surface area contributed by atoms with Gasteiger partial charge in [-0.25, -0.2) is 9.69 Å². The molecule has 18 heavy (non-hydrogen) atoms. The molecule has 0 aliphatic carbocycles. The van der Waals surface area contributed by atoms with Crippen molar-refractivity contribution in [1.29, 1.82) is 0 Å². The van der Waals surface area contributed by atoms with E-state index in [0.717, 1.165) is 0 Å². The molecule has 0 bridgehead atoms. The predicted octanol–water partition coefficient (Wildman–Crippen LogP) is 2.81. The molecule has 1 aromatic carbocycles. The number of hydrogen-bond acceptors (Lipinski definition) is 3. The van der Waals surface area contributed by atoms with Crippen LogP contribution < -0.4 is 0 Å². The Morgan fingerprint density at radius 1 is 1.28 bits per heavy atom. The van der Waals surface area contributed by atoms with Crippen molar-refractivity contribution in [2.24, 2.45) is 0 Å². The van der Waals surface area contributed by atoms with Gasteiger partial charge in [0.1, 0.15) is 0 Å². The van der Waals surface area contributed by atoms with Crippen LogP contribution in [-0.4, -0.2) is 30.8 Å². The van der Waals surface area contributed by atoms with Gasteiger partial charge in [0.15, 0.2) is 0 Å². The Morgan fingerprint density at radius 3 is 2.22 bits per heavy atom. The van der Waals surface area contributed by atoms with Gasteiger partial charge in [-0.3, -0.25) is 0 Å². The van der Waals surface area contributed by atoms with Gasteiger partial charge in [0.2, 0.25) is 0 Å². The van der Waals surface area contributed by atoms with Crippen molar-refractivity contribution in [3.8, 4) is 0 Å². The molecule has 0 heterocycles. The standard InChI is InChI=1S/C12H14F3NO2/c1-3-16(12(13,14)15)8-9-4-6-10(7-5-9)11(17)18-2/h4-7H,3,8H2,1-2H3. The number of carbonyl (C=O) groups excluding carboxylic acids is 1. The van der Waals surface area contributed by atoms with Crippen LogP contribution in [-0.2, 0) is 11.3 Å². The van der Waals surface area contributed by atoms with Crippen LogP contribution >= 0.6 is 0 Å². The highest BCUT2D eigenvalue weighted by molar-refractivity contribution is 5.89. The largest absolute Gasteiger partial charge is 0.465 e. The van der Waals surface area contributed by atoms with Crippen LogP contribution in [0.15, 0.2) is 24.3 Å². The number of benzene rings is 1. The number of halogens is 3. The van der Waals surface area contributed by atoms with Crippen LogP contribution in [0, 0.1) is 0 Å². The van der Waals surface area contributed by atoms with Crippen molar-refractivity contribution in [3.63, 3.8) is 0 Å². The zero-order valence-corrected chi connectivity index (χ0v) is 10.1. The second-order valence-corrected chi connectivity index (χ2v) is 3.67. The molecule has 0 fully saturated rings. The molecular formula is C12H14F3NO2. The van der Waals surface area contributed by atoms with Crippen LogP contribution in [0.25, 0.3) is 0 Å². The van der Waals surface area contributed by atoms with Gasteiger partial charge in [0.05, 0.1) is 12.7 Å². The van der Waals surface area contributed by atoms with Crippen LogP contribution in [0.1, 0.15) is 22.8 Å². The fourth-order valence-corrected chi connectivity index (χ4v) is 1.47. The Labute approximate surface area is 103 Å². The van der Waals surface area contributed by atoms with Crippen molar-refractivity contribution < 1.29 is 22.7 Å². The normalized spacial score (nSPS) is 11.7. The molecule has 0 aliphatic rings. The first-order valence-electron chi connectivity index (χ1n) is 5.37. The number of alkyl halides is 3. The highest BCUT2D eigenvalue weighted by Crippen LogP contribution is 2.23. The lowest BCUT2D eigenvalue weighted by atomic mass is 10.1. The fraction of sp³-hybridized carbons (Fsp3) is 0.417. The zero-order valence-electron chi connectivity index (χ0n) is 10.1. The van der Waals surface area contributed by atoms with Crippen LogP contribution in [0.5, 0.6) is 0 Å². The SMILES string of the molecule is CCN(Cc1ccc(C(=O)OC)cc1)C(F)(F)F. The number of ether oxygens (including phenoxy) is 1. The monoisotopic (exact) mass is 261 g/mol. The molecule has 0 aliphatic heterocycles. The van der Waals surface area contributed by atoms with Crippen molar-refractivity contribution in [2.45, 2.75) is 19.8 Å². The van der Waals surface area contributed by atoms with E-state index in [0.29, 0.717) is 16.0 Å². The highest BCUT2D eigenvalue weighted by atomic mass is 19.4. The summed E-state index contributed by atoms with van der Waals surface area (Å²) in [5.41, 5.74) is 0.804. The lowest BCUT2D eigenvalue weighted by Crippen LogP contribution is -2.37. The molecule has 0 saturated carbocycles. The van der Waals surface area contributed by atoms with E-state index >= 15 is 0 Å². The minimum Gasteiger partial charge on any atom is -0.465 e. The fourth-order valence-electron chi connectivity index (χ4n) is 1.47. The van der Waals surface area contributed by atoms with Crippen LogP contribution in [0.4, 0.5) is 13.2 Å². The van der Waals surface area contributed by atoms with Crippen molar-refractivity contribution >= 4 is 5.97 Å². The number of hydrogen-bond donors (Lipinski definition) is 0. The smallest absolute Gasteiger partial charge is 0.460 e. The van der Waals surface area contributed by atoms with E-state index in [1.807, 2.05) is 0 Å². The summed E-state index contributed by atoms with van der Waals surface area (Å²) in [5.74, 6) is -0.510.